The lowest BCUT2D eigenvalue weighted by Gasteiger charge is -2.15. The van der Waals surface area contributed by atoms with E-state index in [1.54, 1.807) is 0 Å². The van der Waals surface area contributed by atoms with Crippen LogP contribution in [-0.4, -0.2) is 12.0 Å². The van der Waals surface area contributed by atoms with Crippen LogP contribution in [0.1, 0.15) is 37.3 Å². The maximum absolute atomic E-state index is 11.7. The lowest BCUT2D eigenvalue weighted by atomic mass is 10.1. The molecule has 0 unspecified atom stereocenters. The number of amides is 1. The van der Waals surface area contributed by atoms with E-state index in [1.165, 1.54) is 12.8 Å². The first-order valence-corrected chi connectivity index (χ1v) is 6.03. The molecule has 1 amide bonds. The molecule has 0 radical (unpaired) electrons. The van der Waals surface area contributed by atoms with Crippen LogP contribution in [-0.2, 0) is 9.63 Å². The summed E-state index contributed by atoms with van der Waals surface area (Å²) in [6.07, 6.45) is 4.53. The topological polar surface area (TPSA) is 64.4 Å². The van der Waals surface area contributed by atoms with Gasteiger partial charge in [0.15, 0.2) is 0 Å². The maximum atomic E-state index is 11.7. The highest BCUT2D eigenvalue weighted by Crippen LogP contribution is 2.20. The van der Waals surface area contributed by atoms with E-state index < -0.39 is 6.04 Å². The molecular weight excluding hydrogens is 216 g/mol. The molecule has 0 saturated heterocycles. The zero-order valence-corrected chi connectivity index (χ0v) is 9.76. The summed E-state index contributed by atoms with van der Waals surface area (Å²) in [5.74, 6) is -0.289. The fourth-order valence-corrected chi connectivity index (χ4v) is 2.02. The Hall–Kier alpha value is -1.39. The molecule has 3 N–H and O–H groups in total. The summed E-state index contributed by atoms with van der Waals surface area (Å²) in [5, 5.41) is 0. The minimum atomic E-state index is -0.669. The van der Waals surface area contributed by atoms with Gasteiger partial charge in [0.05, 0.1) is 6.10 Å². The van der Waals surface area contributed by atoms with Gasteiger partial charge >= 0.3 is 0 Å². The van der Waals surface area contributed by atoms with Gasteiger partial charge in [0.2, 0.25) is 0 Å². The summed E-state index contributed by atoms with van der Waals surface area (Å²) >= 11 is 0. The smallest absolute Gasteiger partial charge is 0.265 e. The summed E-state index contributed by atoms with van der Waals surface area (Å²) in [7, 11) is 0. The Balaban J connectivity index is 1.83. The molecule has 2 rings (SSSR count). The van der Waals surface area contributed by atoms with Gasteiger partial charge in [-0.3, -0.25) is 9.63 Å². The van der Waals surface area contributed by atoms with E-state index in [2.05, 4.69) is 5.48 Å². The van der Waals surface area contributed by atoms with E-state index in [9.17, 15) is 4.79 Å². The van der Waals surface area contributed by atoms with E-state index in [-0.39, 0.29) is 12.0 Å². The van der Waals surface area contributed by atoms with Crippen LogP contribution >= 0.6 is 0 Å². The lowest BCUT2D eigenvalue weighted by Crippen LogP contribution is -2.36. The number of carbonyl (C=O) groups excluding carboxylic acids is 1. The second kappa shape index (κ2) is 5.80. The average molecular weight is 234 g/mol. The summed E-state index contributed by atoms with van der Waals surface area (Å²) in [6, 6.07) is 8.61. The first-order valence-electron chi connectivity index (χ1n) is 6.03. The third-order valence-corrected chi connectivity index (χ3v) is 3.07. The van der Waals surface area contributed by atoms with E-state index in [1.807, 2.05) is 30.3 Å². The van der Waals surface area contributed by atoms with Crippen molar-refractivity contribution in [1.29, 1.82) is 0 Å². The minimum Gasteiger partial charge on any atom is -0.316 e. The van der Waals surface area contributed by atoms with Gasteiger partial charge in [0.25, 0.3) is 5.91 Å². The van der Waals surface area contributed by atoms with Crippen molar-refractivity contribution in [2.75, 3.05) is 0 Å². The summed E-state index contributed by atoms with van der Waals surface area (Å²) in [5.41, 5.74) is 9.08. The Morgan fingerprint density at radius 2 is 1.94 bits per heavy atom. The second-order valence-electron chi connectivity index (χ2n) is 4.38. The summed E-state index contributed by atoms with van der Waals surface area (Å²) < 4.78 is 0. The third-order valence-electron chi connectivity index (χ3n) is 3.07. The first kappa shape index (κ1) is 12.1. The molecule has 4 nitrogen and oxygen atoms in total. The fraction of sp³-hybridized carbons (Fsp3) is 0.462. The molecule has 1 aliphatic carbocycles. The zero-order valence-electron chi connectivity index (χ0n) is 9.76. The summed E-state index contributed by atoms with van der Waals surface area (Å²) in [4.78, 5) is 17.1. The van der Waals surface area contributed by atoms with E-state index in [4.69, 9.17) is 10.6 Å². The van der Waals surface area contributed by atoms with Gasteiger partial charge in [0.1, 0.15) is 6.04 Å². The Morgan fingerprint density at radius 3 is 2.59 bits per heavy atom. The van der Waals surface area contributed by atoms with Gasteiger partial charge in [0, 0.05) is 0 Å². The number of rotatable bonds is 4. The van der Waals surface area contributed by atoms with Crippen molar-refractivity contribution in [1.82, 2.24) is 5.48 Å². The maximum Gasteiger partial charge on any atom is 0.265 e. The second-order valence-corrected chi connectivity index (χ2v) is 4.38. The van der Waals surface area contributed by atoms with Crippen LogP contribution < -0.4 is 11.2 Å². The number of benzene rings is 1. The van der Waals surface area contributed by atoms with E-state index in [0.29, 0.717) is 0 Å². The molecule has 0 spiro atoms. The number of hydroxylamine groups is 1. The summed E-state index contributed by atoms with van der Waals surface area (Å²) in [6.45, 7) is 0. The van der Waals surface area contributed by atoms with Crippen molar-refractivity contribution >= 4 is 5.91 Å². The number of carbonyl (C=O) groups is 1. The zero-order chi connectivity index (χ0) is 12.1. The predicted octanol–water partition coefficient (Wildman–Crippen LogP) is 1.68. The molecule has 1 aromatic carbocycles. The van der Waals surface area contributed by atoms with Crippen LogP contribution in [0, 0.1) is 0 Å². The van der Waals surface area contributed by atoms with Crippen molar-refractivity contribution in [3.05, 3.63) is 35.9 Å². The van der Waals surface area contributed by atoms with Crippen LogP contribution in [0.4, 0.5) is 0 Å². The number of hydrogen-bond donors (Lipinski definition) is 2. The SMILES string of the molecule is N[C@@H](C(=O)NOC1CCCC1)c1ccccc1. The van der Waals surface area contributed by atoms with Gasteiger partial charge in [-0.2, -0.15) is 0 Å². The highest BCUT2D eigenvalue weighted by atomic mass is 16.7. The van der Waals surface area contributed by atoms with Gasteiger partial charge in [-0.25, -0.2) is 5.48 Å². The van der Waals surface area contributed by atoms with Crippen LogP contribution in [0.3, 0.4) is 0 Å². The molecular formula is C13H18N2O2. The molecule has 0 heterocycles. The molecule has 1 aliphatic rings. The molecule has 92 valence electrons. The minimum absolute atomic E-state index is 0.155. The number of hydrogen-bond acceptors (Lipinski definition) is 3. The molecule has 1 aromatic rings. The van der Waals surface area contributed by atoms with Gasteiger partial charge in [-0.15, -0.1) is 0 Å². The van der Waals surface area contributed by atoms with Crippen molar-refractivity contribution in [2.45, 2.75) is 37.8 Å². The average Bonchev–Trinajstić information content (AvgIpc) is 2.89. The van der Waals surface area contributed by atoms with Crippen molar-refractivity contribution in [3.8, 4) is 0 Å². The van der Waals surface area contributed by atoms with Crippen LogP contribution in [0.15, 0.2) is 30.3 Å². The van der Waals surface area contributed by atoms with E-state index in [0.717, 1.165) is 18.4 Å². The molecule has 0 aliphatic heterocycles. The standard InChI is InChI=1S/C13H18N2O2/c14-12(10-6-2-1-3-7-10)13(16)15-17-11-8-4-5-9-11/h1-3,6-7,11-12H,4-5,8-9,14H2,(H,15,16)/t12-/m1/s1. The molecule has 1 saturated carbocycles. The van der Waals surface area contributed by atoms with Crippen molar-refractivity contribution in [3.63, 3.8) is 0 Å². The highest BCUT2D eigenvalue weighted by Gasteiger charge is 2.20. The molecule has 1 fully saturated rings. The molecule has 0 aromatic heterocycles. The first-order chi connectivity index (χ1) is 8.27. The molecule has 1 atom stereocenters. The lowest BCUT2D eigenvalue weighted by molar-refractivity contribution is -0.139. The van der Waals surface area contributed by atoms with Gasteiger partial charge < -0.3 is 5.73 Å². The Kier molecular flexibility index (Phi) is 4.12. The number of nitrogens with one attached hydrogen (secondary N) is 1. The van der Waals surface area contributed by atoms with Crippen molar-refractivity contribution in [2.24, 2.45) is 5.73 Å². The van der Waals surface area contributed by atoms with E-state index >= 15 is 0 Å². The monoisotopic (exact) mass is 234 g/mol. The Morgan fingerprint density at radius 1 is 1.29 bits per heavy atom. The van der Waals surface area contributed by atoms with Crippen LogP contribution in [0.25, 0.3) is 0 Å². The Labute approximate surface area is 101 Å². The highest BCUT2D eigenvalue weighted by molar-refractivity contribution is 5.81. The third kappa shape index (κ3) is 3.28. The van der Waals surface area contributed by atoms with Crippen LogP contribution in [0.2, 0.25) is 0 Å². The Bertz CT molecular complexity index is 361. The number of nitrogens with two attached hydrogens (primary N) is 1. The molecule has 4 heteroatoms. The van der Waals surface area contributed by atoms with Crippen molar-refractivity contribution < 1.29 is 9.63 Å². The van der Waals surface area contributed by atoms with Gasteiger partial charge in [-0.05, 0) is 18.4 Å². The normalized spacial score (nSPS) is 17.9. The quantitative estimate of drug-likeness (QED) is 0.779. The largest absolute Gasteiger partial charge is 0.316 e. The van der Waals surface area contributed by atoms with Gasteiger partial charge in [-0.1, -0.05) is 43.2 Å². The fourth-order valence-electron chi connectivity index (χ4n) is 2.02. The predicted molar refractivity (Wildman–Crippen MR) is 64.9 cm³/mol. The van der Waals surface area contributed by atoms with Crippen LogP contribution in [0.5, 0.6) is 0 Å². The molecule has 0 bridgehead atoms. The molecule has 17 heavy (non-hydrogen) atoms.